The van der Waals surface area contributed by atoms with Gasteiger partial charge in [-0.1, -0.05) is 0 Å². The third kappa shape index (κ3) is 3.76. The van der Waals surface area contributed by atoms with Crippen molar-refractivity contribution in [3.63, 3.8) is 0 Å². The highest BCUT2D eigenvalue weighted by atomic mass is 79.9. The molecular weight excluding hydrogens is 316 g/mol. The van der Waals surface area contributed by atoms with Crippen LogP contribution in [0.5, 0.6) is 0 Å². The van der Waals surface area contributed by atoms with Gasteiger partial charge in [-0.05, 0) is 42.2 Å². The maximum absolute atomic E-state index is 11.7. The molecule has 0 N–H and O–H groups in total. The van der Waals surface area contributed by atoms with Gasteiger partial charge >= 0.3 is 5.97 Å². The summed E-state index contributed by atoms with van der Waals surface area (Å²) in [6.07, 6.45) is 3.82. The highest BCUT2D eigenvalue weighted by Crippen LogP contribution is 2.23. The Morgan fingerprint density at radius 3 is 3.22 bits per heavy atom. The highest BCUT2D eigenvalue weighted by Gasteiger charge is 2.27. The van der Waals surface area contributed by atoms with Crippen molar-refractivity contribution < 1.29 is 9.53 Å². The minimum absolute atomic E-state index is 0.0297. The first kappa shape index (κ1) is 14.0. The van der Waals surface area contributed by atoms with Gasteiger partial charge in [0.25, 0.3) is 0 Å². The highest BCUT2D eigenvalue weighted by molar-refractivity contribution is 9.11. The zero-order chi connectivity index (χ0) is 13.0. The van der Waals surface area contributed by atoms with E-state index in [0.29, 0.717) is 6.61 Å². The van der Waals surface area contributed by atoms with Crippen LogP contribution in [-0.4, -0.2) is 35.5 Å². The first-order valence-electron chi connectivity index (χ1n) is 6.18. The lowest BCUT2D eigenvalue weighted by Crippen LogP contribution is -2.38. The number of likely N-dealkylation sites (tertiary alicyclic amines) is 1. The van der Waals surface area contributed by atoms with Gasteiger partial charge in [-0.3, -0.25) is 9.69 Å². The molecule has 1 aliphatic heterocycles. The number of nitrogens with zero attached hydrogens (tertiary/aromatic N) is 2. The van der Waals surface area contributed by atoms with Crippen LogP contribution in [0, 0.1) is 5.92 Å². The third-order valence-corrected chi connectivity index (χ3v) is 4.47. The van der Waals surface area contributed by atoms with E-state index in [2.05, 4.69) is 25.8 Å². The summed E-state index contributed by atoms with van der Waals surface area (Å²) in [5.41, 5.74) is 0. The number of thiazole rings is 1. The van der Waals surface area contributed by atoms with E-state index >= 15 is 0 Å². The van der Waals surface area contributed by atoms with E-state index < -0.39 is 0 Å². The van der Waals surface area contributed by atoms with Crippen LogP contribution in [0.25, 0.3) is 0 Å². The quantitative estimate of drug-likeness (QED) is 0.795. The smallest absolute Gasteiger partial charge is 0.310 e. The molecule has 1 aliphatic rings. The fraction of sp³-hybridized carbons (Fsp3) is 0.667. The summed E-state index contributed by atoms with van der Waals surface area (Å²) in [7, 11) is 0. The Labute approximate surface area is 119 Å². The lowest BCUT2D eigenvalue weighted by atomic mass is 9.98. The molecule has 0 aromatic carbocycles. The van der Waals surface area contributed by atoms with Gasteiger partial charge in [0.15, 0.2) is 0 Å². The van der Waals surface area contributed by atoms with Crippen molar-refractivity contribution in [3.05, 3.63) is 15.0 Å². The molecule has 2 heterocycles. The van der Waals surface area contributed by atoms with Gasteiger partial charge in [0.1, 0.15) is 5.01 Å². The molecule has 0 bridgehead atoms. The zero-order valence-corrected chi connectivity index (χ0v) is 12.8. The van der Waals surface area contributed by atoms with Crippen molar-refractivity contribution in [1.82, 2.24) is 9.88 Å². The van der Waals surface area contributed by atoms with E-state index in [0.717, 1.165) is 41.3 Å². The van der Waals surface area contributed by atoms with Crippen LogP contribution in [0.1, 0.15) is 24.8 Å². The second-order valence-electron chi connectivity index (χ2n) is 4.38. The van der Waals surface area contributed by atoms with Gasteiger partial charge in [-0.2, -0.15) is 0 Å². The van der Waals surface area contributed by atoms with Crippen LogP contribution >= 0.6 is 27.3 Å². The summed E-state index contributed by atoms with van der Waals surface area (Å²) < 4.78 is 6.15. The number of hydrogen-bond donors (Lipinski definition) is 0. The standard InChI is InChI=1S/C12H17BrN2O2S/c1-2-17-12(16)9-4-3-5-15(7-9)8-11-14-6-10(13)18-11/h6,9H,2-5,7-8H2,1H3/t9-/m1/s1. The number of aromatic nitrogens is 1. The Kier molecular flexibility index (Phi) is 5.14. The number of carbonyl (C=O) groups excluding carboxylic acids is 1. The van der Waals surface area contributed by atoms with Crippen LogP contribution in [0.4, 0.5) is 0 Å². The average molecular weight is 333 g/mol. The first-order valence-corrected chi connectivity index (χ1v) is 7.79. The molecule has 100 valence electrons. The van der Waals surface area contributed by atoms with Gasteiger partial charge in [-0.25, -0.2) is 4.98 Å². The molecule has 1 fully saturated rings. The van der Waals surface area contributed by atoms with E-state index in [1.54, 1.807) is 11.3 Å². The Morgan fingerprint density at radius 2 is 2.56 bits per heavy atom. The number of esters is 1. The van der Waals surface area contributed by atoms with Crippen LogP contribution in [0.3, 0.4) is 0 Å². The van der Waals surface area contributed by atoms with Crippen LogP contribution in [0.15, 0.2) is 9.98 Å². The van der Waals surface area contributed by atoms with Gasteiger partial charge in [-0.15, -0.1) is 11.3 Å². The predicted molar refractivity (Wildman–Crippen MR) is 74.4 cm³/mol. The zero-order valence-electron chi connectivity index (χ0n) is 10.4. The van der Waals surface area contributed by atoms with Gasteiger partial charge < -0.3 is 4.74 Å². The van der Waals surface area contributed by atoms with E-state index in [1.165, 1.54) is 0 Å². The van der Waals surface area contributed by atoms with Crippen molar-refractivity contribution in [2.24, 2.45) is 5.92 Å². The molecule has 1 atom stereocenters. The monoisotopic (exact) mass is 332 g/mol. The molecule has 18 heavy (non-hydrogen) atoms. The number of hydrogen-bond acceptors (Lipinski definition) is 5. The number of carbonyl (C=O) groups is 1. The van der Waals surface area contributed by atoms with E-state index in [4.69, 9.17) is 4.74 Å². The normalized spacial score (nSPS) is 20.9. The van der Waals surface area contributed by atoms with Crippen LogP contribution in [0.2, 0.25) is 0 Å². The number of rotatable bonds is 4. The van der Waals surface area contributed by atoms with Crippen LogP contribution in [-0.2, 0) is 16.1 Å². The summed E-state index contributed by atoms with van der Waals surface area (Å²) in [5.74, 6) is -0.0235. The summed E-state index contributed by atoms with van der Waals surface area (Å²) in [4.78, 5) is 18.3. The largest absolute Gasteiger partial charge is 0.466 e. The average Bonchev–Trinajstić information content (AvgIpc) is 2.75. The molecule has 0 spiro atoms. The van der Waals surface area contributed by atoms with Crippen molar-refractivity contribution in [2.45, 2.75) is 26.3 Å². The second kappa shape index (κ2) is 6.63. The Balaban J connectivity index is 1.88. The fourth-order valence-corrected chi connectivity index (χ4v) is 3.55. The summed E-state index contributed by atoms with van der Waals surface area (Å²) in [6.45, 7) is 4.97. The maximum atomic E-state index is 11.7. The fourth-order valence-electron chi connectivity index (χ4n) is 2.20. The molecule has 1 aromatic rings. The molecule has 0 radical (unpaired) electrons. The SMILES string of the molecule is CCOC(=O)[C@@H]1CCCN(Cc2ncc(Br)s2)C1. The Hall–Kier alpha value is -0.460. The minimum atomic E-state index is -0.0532. The number of ether oxygens (including phenoxy) is 1. The van der Waals surface area contributed by atoms with Crippen LogP contribution < -0.4 is 0 Å². The molecule has 0 unspecified atom stereocenters. The third-order valence-electron chi connectivity index (χ3n) is 3.01. The van der Waals surface area contributed by atoms with Crippen molar-refractivity contribution in [2.75, 3.05) is 19.7 Å². The molecular formula is C12H17BrN2O2S. The van der Waals surface area contributed by atoms with Crippen molar-refractivity contribution in [1.29, 1.82) is 0 Å². The molecule has 0 saturated carbocycles. The summed E-state index contributed by atoms with van der Waals surface area (Å²) in [5, 5.41) is 1.09. The molecule has 1 saturated heterocycles. The molecule has 6 heteroatoms. The Bertz CT molecular complexity index is 411. The molecule has 0 aliphatic carbocycles. The number of piperidine rings is 1. The first-order chi connectivity index (χ1) is 8.69. The predicted octanol–water partition coefficient (Wildman–Crippen LogP) is 2.68. The van der Waals surface area contributed by atoms with E-state index in [1.807, 2.05) is 13.1 Å². The molecule has 0 amide bonds. The van der Waals surface area contributed by atoms with E-state index in [9.17, 15) is 4.79 Å². The Morgan fingerprint density at radius 1 is 1.72 bits per heavy atom. The number of halogens is 1. The molecule has 2 rings (SSSR count). The summed E-state index contributed by atoms with van der Waals surface area (Å²) >= 11 is 5.06. The molecule has 1 aromatic heterocycles. The minimum Gasteiger partial charge on any atom is -0.466 e. The topological polar surface area (TPSA) is 42.4 Å². The van der Waals surface area contributed by atoms with Gasteiger partial charge in [0.2, 0.25) is 0 Å². The van der Waals surface area contributed by atoms with E-state index in [-0.39, 0.29) is 11.9 Å². The van der Waals surface area contributed by atoms with Gasteiger partial charge in [0.05, 0.1) is 29.1 Å². The van der Waals surface area contributed by atoms with Gasteiger partial charge in [0, 0.05) is 6.54 Å². The lowest BCUT2D eigenvalue weighted by molar-refractivity contribution is -0.150. The maximum Gasteiger partial charge on any atom is 0.310 e. The molecule has 4 nitrogen and oxygen atoms in total. The second-order valence-corrected chi connectivity index (χ2v) is 6.88. The van der Waals surface area contributed by atoms with Crippen molar-refractivity contribution >= 4 is 33.2 Å². The lowest BCUT2D eigenvalue weighted by Gasteiger charge is -2.30. The summed E-state index contributed by atoms with van der Waals surface area (Å²) in [6, 6.07) is 0. The van der Waals surface area contributed by atoms with Crippen molar-refractivity contribution in [3.8, 4) is 0 Å².